The number of benzene rings is 1. The minimum Gasteiger partial charge on any atom is -0.369 e. The lowest BCUT2D eigenvalue weighted by atomic mass is 9.78. The SMILES string of the molecule is Cc1ccc(Cl)cc1N1CCN(CCC2CCC(CCCC(=O)CC(F)(F)F)CC2)CC1. The van der Waals surface area contributed by atoms with Crippen molar-refractivity contribution < 1.29 is 18.0 Å². The molecular weight excluding hydrogens is 437 g/mol. The van der Waals surface area contributed by atoms with Gasteiger partial charge in [0.05, 0.1) is 0 Å². The number of hydrogen-bond acceptors (Lipinski definition) is 3. The Labute approximate surface area is 195 Å². The van der Waals surface area contributed by atoms with E-state index in [4.69, 9.17) is 11.6 Å². The number of anilines is 1. The van der Waals surface area contributed by atoms with Gasteiger partial charge in [0.25, 0.3) is 0 Å². The fourth-order valence-corrected chi connectivity index (χ4v) is 5.38. The maximum atomic E-state index is 12.2. The molecule has 1 heterocycles. The molecule has 1 saturated carbocycles. The van der Waals surface area contributed by atoms with E-state index in [-0.39, 0.29) is 6.42 Å². The summed E-state index contributed by atoms with van der Waals surface area (Å²) in [4.78, 5) is 16.4. The molecule has 3 nitrogen and oxygen atoms in total. The number of piperazine rings is 1. The molecule has 0 bridgehead atoms. The lowest BCUT2D eigenvalue weighted by Crippen LogP contribution is -2.47. The van der Waals surface area contributed by atoms with Crippen LogP contribution in [0.3, 0.4) is 0 Å². The second kappa shape index (κ2) is 11.7. The van der Waals surface area contributed by atoms with Gasteiger partial charge in [0.2, 0.25) is 0 Å². The zero-order valence-corrected chi connectivity index (χ0v) is 19.9. The van der Waals surface area contributed by atoms with Crippen LogP contribution in [-0.2, 0) is 4.79 Å². The van der Waals surface area contributed by atoms with Gasteiger partial charge in [0, 0.05) is 43.3 Å². The first-order valence-corrected chi connectivity index (χ1v) is 12.4. The number of Topliss-reactive ketones (excluding diaryl/α,β-unsaturated/α-hetero) is 1. The molecule has 0 unspecified atom stereocenters. The molecule has 0 spiro atoms. The van der Waals surface area contributed by atoms with Gasteiger partial charge < -0.3 is 4.90 Å². The number of carbonyl (C=O) groups is 1. The monoisotopic (exact) mass is 472 g/mol. The van der Waals surface area contributed by atoms with Crippen LogP contribution in [0.1, 0.15) is 63.4 Å². The number of nitrogens with zero attached hydrogens (tertiary/aromatic N) is 2. The summed E-state index contributed by atoms with van der Waals surface area (Å²) in [5, 5.41) is 0.788. The summed E-state index contributed by atoms with van der Waals surface area (Å²) in [5.41, 5.74) is 2.51. The topological polar surface area (TPSA) is 23.6 Å². The van der Waals surface area contributed by atoms with Crippen LogP contribution < -0.4 is 4.90 Å². The quantitative estimate of drug-likeness (QED) is 0.401. The first-order valence-electron chi connectivity index (χ1n) is 12.0. The van der Waals surface area contributed by atoms with Gasteiger partial charge in [-0.15, -0.1) is 0 Å². The highest BCUT2D eigenvalue weighted by molar-refractivity contribution is 6.30. The van der Waals surface area contributed by atoms with Crippen molar-refractivity contribution >= 4 is 23.1 Å². The number of rotatable bonds is 9. The van der Waals surface area contributed by atoms with E-state index in [0.717, 1.165) is 62.9 Å². The van der Waals surface area contributed by atoms with E-state index >= 15 is 0 Å². The number of aryl methyl sites for hydroxylation is 1. The average Bonchev–Trinajstić information content (AvgIpc) is 2.74. The van der Waals surface area contributed by atoms with Crippen molar-refractivity contribution in [3.63, 3.8) is 0 Å². The van der Waals surface area contributed by atoms with Crippen LogP contribution in [0.25, 0.3) is 0 Å². The Morgan fingerprint density at radius 2 is 1.66 bits per heavy atom. The highest BCUT2D eigenvalue weighted by Crippen LogP contribution is 2.34. The molecule has 1 aromatic rings. The molecule has 1 saturated heterocycles. The lowest BCUT2D eigenvalue weighted by Gasteiger charge is -2.38. The third kappa shape index (κ3) is 8.26. The van der Waals surface area contributed by atoms with Crippen molar-refractivity contribution in [2.75, 3.05) is 37.6 Å². The van der Waals surface area contributed by atoms with Gasteiger partial charge in [-0.05, 0) is 55.8 Å². The normalized spacial score (nSPS) is 22.8. The zero-order valence-electron chi connectivity index (χ0n) is 19.1. The molecule has 2 aliphatic rings. The molecule has 3 rings (SSSR count). The van der Waals surface area contributed by atoms with Crippen LogP contribution in [0.4, 0.5) is 18.9 Å². The van der Waals surface area contributed by atoms with Crippen molar-refractivity contribution in [1.82, 2.24) is 4.90 Å². The van der Waals surface area contributed by atoms with E-state index in [9.17, 15) is 18.0 Å². The standard InChI is InChI=1S/C25H36ClF3N2O/c1-19-5-10-22(26)17-24(19)31-15-13-30(14-16-31)12-11-21-8-6-20(7-9-21)3-2-4-23(32)18-25(27,28)29/h5,10,17,20-21H,2-4,6-9,11-16,18H2,1H3. The first kappa shape index (κ1) is 25.4. The fraction of sp³-hybridized carbons (Fsp3) is 0.720. The fourth-order valence-electron chi connectivity index (χ4n) is 5.21. The highest BCUT2D eigenvalue weighted by atomic mass is 35.5. The summed E-state index contributed by atoms with van der Waals surface area (Å²) in [6, 6.07) is 6.09. The predicted octanol–water partition coefficient (Wildman–Crippen LogP) is 6.66. The van der Waals surface area contributed by atoms with Gasteiger partial charge in [0.1, 0.15) is 12.2 Å². The molecular formula is C25H36ClF3N2O. The summed E-state index contributed by atoms with van der Waals surface area (Å²) in [6.45, 7) is 7.49. The summed E-state index contributed by atoms with van der Waals surface area (Å²) >= 11 is 6.18. The summed E-state index contributed by atoms with van der Waals surface area (Å²) in [6.07, 6.45) is 1.88. The van der Waals surface area contributed by atoms with Gasteiger partial charge >= 0.3 is 6.18 Å². The van der Waals surface area contributed by atoms with Crippen molar-refractivity contribution in [2.24, 2.45) is 11.8 Å². The Morgan fingerprint density at radius 1 is 1.03 bits per heavy atom. The molecule has 1 aliphatic carbocycles. The molecule has 0 aromatic heterocycles. The number of halogens is 4. The van der Waals surface area contributed by atoms with Crippen molar-refractivity contribution in [1.29, 1.82) is 0 Å². The van der Waals surface area contributed by atoms with E-state index in [2.05, 4.69) is 28.9 Å². The Bertz CT molecular complexity index is 739. The maximum Gasteiger partial charge on any atom is 0.395 e. The second-order valence-corrected chi connectivity index (χ2v) is 10.1. The van der Waals surface area contributed by atoms with Crippen LogP contribution in [0.15, 0.2) is 18.2 Å². The van der Waals surface area contributed by atoms with Crippen LogP contribution >= 0.6 is 11.6 Å². The molecule has 0 N–H and O–H groups in total. The van der Waals surface area contributed by atoms with E-state index < -0.39 is 18.4 Å². The Hall–Kier alpha value is -1.27. The zero-order chi connectivity index (χ0) is 23.1. The molecule has 1 aromatic carbocycles. The van der Waals surface area contributed by atoms with Crippen molar-refractivity contribution in [3.05, 3.63) is 28.8 Å². The molecule has 32 heavy (non-hydrogen) atoms. The van der Waals surface area contributed by atoms with Gasteiger partial charge in [-0.1, -0.05) is 49.8 Å². The van der Waals surface area contributed by atoms with E-state index in [0.29, 0.717) is 12.3 Å². The summed E-state index contributed by atoms with van der Waals surface area (Å²) in [5.74, 6) is 0.664. The van der Waals surface area contributed by atoms with Crippen molar-refractivity contribution in [3.8, 4) is 0 Å². The van der Waals surface area contributed by atoms with Gasteiger partial charge in [-0.2, -0.15) is 13.2 Å². The van der Waals surface area contributed by atoms with Crippen LogP contribution in [0.5, 0.6) is 0 Å². The van der Waals surface area contributed by atoms with Gasteiger partial charge in [0.15, 0.2) is 0 Å². The Balaban J connectivity index is 1.28. The lowest BCUT2D eigenvalue weighted by molar-refractivity contribution is -0.152. The first-order chi connectivity index (χ1) is 15.2. The second-order valence-electron chi connectivity index (χ2n) is 9.66. The average molecular weight is 473 g/mol. The molecule has 0 radical (unpaired) electrons. The largest absolute Gasteiger partial charge is 0.395 e. The van der Waals surface area contributed by atoms with Gasteiger partial charge in [-0.25, -0.2) is 0 Å². The molecule has 0 amide bonds. The Kier molecular flexibility index (Phi) is 9.30. The minimum atomic E-state index is -4.37. The minimum absolute atomic E-state index is 0.0696. The van der Waals surface area contributed by atoms with E-state index in [1.54, 1.807) is 0 Å². The number of carbonyl (C=O) groups excluding carboxylic acids is 1. The molecule has 2 fully saturated rings. The molecule has 180 valence electrons. The van der Waals surface area contributed by atoms with E-state index in [1.807, 2.05) is 6.07 Å². The van der Waals surface area contributed by atoms with E-state index in [1.165, 1.54) is 30.5 Å². The summed E-state index contributed by atoms with van der Waals surface area (Å²) < 4.78 is 36.7. The summed E-state index contributed by atoms with van der Waals surface area (Å²) in [7, 11) is 0. The molecule has 0 atom stereocenters. The van der Waals surface area contributed by atoms with Crippen LogP contribution in [-0.4, -0.2) is 49.6 Å². The van der Waals surface area contributed by atoms with Crippen molar-refractivity contribution in [2.45, 2.75) is 70.9 Å². The number of hydrogen-bond donors (Lipinski definition) is 0. The number of ketones is 1. The molecule has 7 heteroatoms. The van der Waals surface area contributed by atoms with Crippen LogP contribution in [0.2, 0.25) is 5.02 Å². The third-order valence-electron chi connectivity index (χ3n) is 7.17. The third-order valence-corrected chi connectivity index (χ3v) is 7.40. The number of alkyl halides is 3. The highest BCUT2D eigenvalue weighted by Gasteiger charge is 2.31. The predicted molar refractivity (Wildman–Crippen MR) is 124 cm³/mol. The smallest absolute Gasteiger partial charge is 0.369 e. The maximum absolute atomic E-state index is 12.2. The Morgan fingerprint density at radius 3 is 2.28 bits per heavy atom. The van der Waals surface area contributed by atoms with Gasteiger partial charge in [-0.3, -0.25) is 9.69 Å². The molecule has 1 aliphatic heterocycles. The van der Waals surface area contributed by atoms with Crippen LogP contribution in [0, 0.1) is 18.8 Å².